The SMILES string of the molecule is CCc1ccc(CCC(=O)NCC(C(C)C)N2CCN(C)CC2)cc1. The highest BCUT2D eigenvalue weighted by molar-refractivity contribution is 5.76. The van der Waals surface area contributed by atoms with Crippen molar-refractivity contribution in [1.29, 1.82) is 0 Å². The molecule has 1 amide bonds. The average Bonchev–Trinajstić information content (AvgIpc) is 2.61. The van der Waals surface area contributed by atoms with Crippen LogP contribution in [-0.4, -0.2) is 61.5 Å². The largest absolute Gasteiger partial charge is 0.355 e. The molecule has 1 aliphatic heterocycles. The van der Waals surface area contributed by atoms with Crippen LogP contribution in [0.2, 0.25) is 0 Å². The minimum Gasteiger partial charge on any atom is -0.355 e. The smallest absolute Gasteiger partial charge is 0.220 e. The Morgan fingerprint density at radius 3 is 2.24 bits per heavy atom. The van der Waals surface area contributed by atoms with Gasteiger partial charge in [-0.15, -0.1) is 0 Å². The topological polar surface area (TPSA) is 35.6 Å². The fourth-order valence-corrected chi connectivity index (χ4v) is 3.45. The monoisotopic (exact) mass is 345 g/mol. The number of benzene rings is 1. The van der Waals surface area contributed by atoms with Crippen LogP contribution in [0, 0.1) is 5.92 Å². The van der Waals surface area contributed by atoms with Gasteiger partial charge in [0.1, 0.15) is 0 Å². The predicted molar refractivity (Wildman–Crippen MR) is 105 cm³/mol. The van der Waals surface area contributed by atoms with E-state index in [4.69, 9.17) is 0 Å². The van der Waals surface area contributed by atoms with E-state index in [-0.39, 0.29) is 5.91 Å². The molecule has 1 saturated heterocycles. The molecular formula is C21H35N3O. The van der Waals surface area contributed by atoms with E-state index in [0.29, 0.717) is 18.4 Å². The number of carbonyl (C=O) groups excluding carboxylic acids is 1. The zero-order valence-corrected chi connectivity index (χ0v) is 16.4. The summed E-state index contributed by atoms with van der Waals surface area (Å²) in [6.07, 6.45) is 2.44. The first kappa shape index (κ1) is 19.9. The van der Waals surface area contributed by atoms with E-state index in [1.807, 2.05) is 0 Å². The van der Waals surface area contributed by atoms with Crippen LogP contribution < -0.4 is 5.32 Å². The van der Waals surface area contributed by atoms with E-state index in [9.17, 15) is 4.79 Å². The Morgan fingerprint density at radius 1 is 1.08 bits per heavy atom. The molecule has 0 aliphatic carbocycles. The molecule has 1 aliphatic rings. The molecule has 1 heterocycles. The van der Waals surface area contributed by atoms with E-state index >= 15 is 0 Å². The van der Waals surface area contributed by atoms with Gasteiger partial charge in [-0.3, -0.25) is 9.69 Å². The molecule has 140 valence electrons. The van der Waals surface area contributed by atoms with Gasteiger partial charge in [0.05, 0.1) is 0 Å². The number of hydrogen-bond donors (Lipinski definition) is 1. The lowest BCUT2D eigenvalue weighted by atomic mass is 10.0. The summed E-state index contributed by atoms with van der Waals surface area (Å²) >= 11 is 0. The molecule has 0 aromatic heterocycles. The summed E-state index contributed by atoms with van der Waals surface area (Å²) in [7, 11) is 2.18. The average molecular weight is 346 g/mol. The summed E-state index contributed by atoms with van der Waals surface area (Å²) in [5.74, 6) is 0.713. The van der Waals surface area contributed by atoms with Gasteiger partial charge in [0, 0.05) is 45.2 Å². The zero-order chi connectivity index (χ0) is 18.2. The third-order valence-corrected chi connectivity index (χ3v) is 5.36. The fraction of sp³-hybridized carbons (Fsp3) is 0.667. The van der Waals surface area contributed by atoms with Crippen molar-refractivity contribution in [3.05, 3.63) is 35.4 Å². The lowest BCUT2D eigenvalue weighted by Gasteiger charge is -2.39. The first-order valence-electron chi connectivity index (χ1n) is 9.76. The Bertz CT molecular complexity index is 518. The molecule has 1 aromatic carbocycles. The molecule has 1 N–H and O–H groups in total. The van der Waals surface area contributed by atoms with E-state index in [1.165, 1.54) is 11.1 Å². The number of amides is 1. The van der Waals surface area contributed by atoms with Gasteiger partial charge in [-0.2, -0.15) is 0 Å². The Hall–Kier alpha value is -1.39. The number of carbonyl (C=O) groups is 1. The number of hydrogen-bond acceptors (Lipinski definition) is 3. The summed E-state index contributed by atoms with van der Waals surface area (Å²) in [4.78, 5) is 17.2. The molecule has 4 heteroatoms. The van der Waals surface area contributed by atoms with Crippen LogP contribution in [0.3, 0.4) is 0 Å². The van der Waals surface area contributed by atoms with Crippen LogP contribution in [0.5, 0.6) is 0 Å². The highest BCUT2D eigenvalue weighted by Crippen LogP contribution is 2.13. The molecule has 1 aromatic rings. The van der Waals surface area contributed by atoms with Crippen LogP contribution in [0.4, 0.5) is 0 Å². The lowest BCUT2D eigenvalue weighted by molar-refractivity contribution is -0.121. The van der Waals surface area contributed by atoms with Gasteiger partial charge in [-0.25, -0.2) is 0 Å². The Balaban J connectivity index is 1.76. The van der Waals surface area contributed by atoms with Gasteiger partial charge in [-0.05, 0) is 36.9 Å². The number of piperazine rings is 1. The molecular weight excluding hydrogens is 310 g/mol. The summed E-state index contributed by atoms with van der Waals surface area (Å²) < 4.78 is 0. The molecule has 2 rings (SSSR count). The van der Waals surface area contributed by atoms with Gasteiger partial charge in [0.2, 0.25) is 5.91 Å². The molecule has 0 saturated carbocycles. The number of nitrogens with one attached hydrogen (secondary N) is 1. The van der Waals surface area contributed by atoms with Crippen molar-refractivity contribution in [2.45, 2.75) is 46.1 Å². The number of likely N-dealkylation sites (N-methyl/N-ethyl adjacent to an activating group) is 1. The van der Waals surface area contributed by atoms with Gasteiger partial charge in [-0.1, -0.05) is 45.0 Å². The highest BCUT2D eigenvalue weighted by atomic mass is 16.1. The quantitative estimate of drug-likeness (QED) is 0.786. The van der Waals surface area contributed by atoms with E-state index < -0.39 is 0 Å². The van der Waals surface area contributed by atoms with Crippen LogP contribution in [0.15, 0.2) is 24.3 Å². The zero-order valence-electron chi connectivity index (χ0n) is 16.4. The van der Waals surface area contributed by atoms with E-state index in [0.717, 1.165) is 45.6 Å². The summed E-state index contributed by atoms with van der Waals surface area (Å²) in [5, 5.41) is 3.17. The lowest BCUT2D eigenvalue weighted by Crippen LogP contribution is -2.54. The van der Waals surface area contributed by atoms with Crippen molar-refractivity contribution >= 4 is 5.91 Å². The van der Waals surface area contributed by atoms with Crippen molar-refractivity contribution in [3.8, 4) is 0 Å². The number of nitrogens with zero attached hydrogens (tertiary/aromatic N) is 2. The van der Waals surface area contributed by atoms with Crippen molar-refractivity contribution in [2.75, 3.05) is 39.8 Å². The molecule has 0 spiro atoms. The molecule has 0 radical (unpaired) electrons. The highest BCUT2D eigenvalue weighted by Gasteiger charge is 2.25. The Kier molecular flexibility index (Phi) is 7.91. The fourth-order valence-electron chi connectivity index (χ4n) is 3.45. The Labute approximate surface area is 153 Å². The maximum Gasteiger partial charge on any atom is 0.220 e. The molecule has 4 nitrogen and oxygen atoms in total. The molecule has 25 heavy (non-hydrogen) atoms. The van der Waals surface area contributed by atoms with Crippen LogP contribution in [0.25, 0.3) is 0 Å². The number of rotatable bonds is 8. The predicted octanol–water partition coefficient (Wildman–Crippen LogP) is 2.57. The van der Waals surface area contributed by atoms with Gasteiger partial charge in [0.15, 0.2) is 0 Å². The van der Waals surface area contributed by atoms with Crippen molar-refractivity contribution in [3.63, 3.8) is 0 Å². The second-order valence-electron chi connectivity index (χ2n) is 7.62. The van der Waals surface area contributed by atoms with Gasteiger partial charge in [0.25, 0.3) is 0 Å². The first-order valence-corrected chi connectivity index (χ1v) is 9.76. The molecule has 0 bridgehead atoms. The normalized spacial score (nSPS) is 17.6. The molecule has 1 fully saturated rings. The van der Waals surface area contributed by atoms with Crippen LogP contribution >= 0.6 is 0 Å². The van der Waals surface area contributed by atoms with Gasteiger partial charge >= 0.3 is 0 Å². The maximum atomic E-state index is 12.3. The second kappa shape index (κ2) is 9.93. The molecule has 1 atom stereocenters. The van der Waals surface area contributed by atoms with E-state index in [2.05, 4.69) is 67.2 Å². The van der Waals surface area contributed by atoms with Crippen molar-refractivity contribution < 1.29 is 4.79 Å². The third kappa shape index (κ3) is 6.44. The van der Waals surface area contributed by atoms with Crippen LogP contribution in [0.1, 0.15) is 38.3 Å². The minimum atomic E-state index is 0.166. The maximum absolute atomic E-state index is 12.3. The minimum absolute atomic E-state index is 0.166. The van der Waals surface area contributed by atoms with E-state index in [1.54, 1.807) is 0 Å². The number of aryl methyl sites for hydroxylation is 2. The van der Waals surface area contributed by atoms with Crippen molar-refractivity contribution in [1.82, 2.24) is 15.1 Å². The summed E-state index contributed by atoms with van der Waals surface area (Å²) in [6, 6.07) is 9.05. The standard InChI is InChI=1S/C21H35N3O/c1-5-18-6-8-19(9-7-18)10-11-21(25)22-16-20(17(2)3)24-14-12-23(4)13-15-24/h6-9,17,20H,5,10-16H2,1-4H3,(H,22,25). The molecule has 1 unspecified atom stereocenters. The van der Waals surface area contributed by atoms with Crippen molar-refractivity contribution in [2.24, 2.45) is 5.92 Å². The summed E-state index contributed by atoms with van der Waals surface area (Å²) in [6.45, 7) is 11.9. The van der Waals surface area contributed by atoms with Crippen LogP contribution in [-0.2, 0) is 17.6 Å². The van der Waals surface area contributed by atoms with Gasteiger partial charge < -0.3 is 10.2 Å². The Morgan fingerprint density at radius 2 is 1.68 bits per heavy atom. The summed E-state index contributed by atoms with van der Waals surface area (Å²) in [5.41, 5.74) is 2.59. The third-order valence-electron chi connectivity index (χ3n) is 5.36. The first-order chi connectivity index (χ1) is 12.0. The second-order valence-corrected chi connectivity index (χ2v) is 7.62.